The Balaban J connectivity index is 1.35. The molecule has 2 heterocycles. The molecule has 2 saturated heterocycles. The number of epoxide rings is 1. The van der Waals surface area contributed by atoms with Gasteiger partial charge in [-0.05, 0) is 62.9 Å². The Labute approximate surface area is 177 Å². The molecule has 0 bridgehead atoms. The largest absolute Gasteiger partial charge is 0.451 e. The molecule has 6 nitrogen and oxygen atoms in total. The smallest absolute Gasteiger partial charge is 0.303 e. The Morgan fingerprint density at radius 2 is 1.83 bits per heavy atom. The van der Waals surface area contributed by atoms with E-state index in [1.54, 1.807) is 6.92 Å². The van der Waals surface area contributed by atoms with Crippen LogP contribution < -0.4 is 0 Å². The molecule has 0 aromatic heterocycles. The van der Waals surface area contributed by atoms with Gasteiger partial charge in [0.25, 0.3) is 0 Å². The second-order valence-electron chi connectivity index (χ2n) is 10.8. The summed E-state index contributed by atoms with van der Waals surface area (Å²) < 4.78 is 24.5. The number of carbonyl (C=O) groups excluding carboxylic acids is 2. The van der Waals surface area contributed by atoms with Crippen LogP contribution in [-0.4, -0.2) is 47.6 Å². The molecule has 6 rings (SSSR count). The third-order valence-electron chi connectivity index (χ3n) is 9.68. The molecule has 164 valence electrons. The van der Waals surface area contributed by atoms with Crippen molar-refractivity contribution >= 4 is 11.8 Å². The van der Waals surface area contributed by atoms with Crippen molar-refractivity contribution in [3.05, 3.63) is 11.6 Å². The number of ether oxygens (including phenoxy) is 4. The summed E-state index contributed by atoms with van der Waals surface area (Å²) in [6.45, 7) is 6.54. The zero-order valence-electron chi connectivity index (χ0n) is 18.3. The van der Waals surface area contributed by atoms with Crippen LogP contribution in [0.3, 0.4) is 0 Å². The number of ketones is 1. The molecular formula is C24H32O6. The first-order valence-electron chi connectivity index (χ1n) is 11.6. The van der Waals surface area contributed by atoms with Gasteiger partial charge in [0.05, 0.1) is 13.2 Å². The number of carbonyl (C=O) groups is 2. The first kappa shape index (κ1) is 19.4. The monoisotopic (exact) mass is 416 g/mol. The lowest BCUT2D eigenvalue weighted by Crippen LogP contribution is -2.57. The van der Waals surface area contributed by atoms with Gasteiger partial charge in [0.2, 0.25) is 0 Å². The predicted octanol–water partition coefficient (Wildman–Crippen LogP) is 3.47. The number of rotatable bonds is 2. The number of hydrogen-bond acceptors (Lipinski definition) is 6. The van der Waals surface area contributed by atoms with Gasteiger partial charge in [-0.25, -0.2) is 0 Å². The number of fused-ring (bicyclic) bond motifs is 3. The maximum Gasteiger partial charge on any atom is 0.303 e. The highest BCUT2D eigenvalue weighted by Gasteiger charge is 2.80. The first-order valence-corrected chi connectivity index (χ1v) is 11.6. The van der Waals surface area contributed by atoms with E-state index in [9.17, 15) is 9.59 Å². The molecule has 6 heteroatoms. The van der Waals surface area contributed by atoms with Crippen molar-refractivity contribution < 1.29 is 28.5 Å². The molecule has 3 unspecified atom stereocenters. The minimum atomic E-state index is -0.996. The average Bonchev–Trinajstić information content (AvgIpc) is 3.00. The summed E-state index contributed by atoms with van der Waals surface area (Å²) in [4.78, 5) is 24.8. The van der Waals surface area contributed by atoms with Crippen molar-refractivity contribution in [3.63, 3.8) is 0 Å². The van der Waals surface area contributed by atoms with Crippen molar-refractivity contribution in [2.75, 3.05) is 13.2 Å². The standard InChI is InChI=1S/C24H32O6/c1-15(25)23(29-16(2)26)9-6-18-17-4-8-21-14-22(27-12-13-28-22)10-11-24(21,30-21)19(17)5-7-20(18,23)3/h5,17-18H,4,6-14H2,1-3H3/t17?,18?,20?,21-,23+,24-/m1/s1. The van der Waals surface area contributed by atoms with E-state index in [0.29, 0.717) is 31.5 Å². The Hall–Kier alpha value is -1.24. The van der Waals surface area contributed by atoms with E-state index < -0.39 is 11.4 Å². The highest BCUT2D eigenvalue weighted by atomic mass is 16.7. The lowest BCUT2D eigenvalue weighted by atomic mass is 9.52. The molecule has 6 atom stereocenters. The van der Waals surface area contributed by atoms with Crippen molar-refractivity contribution in [2.24, 2.45) is 17.3 Å². The van der Waals surface area contributed by atoms with Crippen molar-refractivity contribution in [3.8, 4) is 0 Å². The molecule has 2 aliphatic heterocycles. The number of Topliss-reactive ketones (excluding diaryl/α,β-unsaturated/α-hetero) is 1. The van der Waals surface area contributed by atoms with Crippen LogP contribution in [0.4, 0.5) is 0 Å². The van der Waals surface area contributed by atoms with Gasteiger partial charge in [-0.1, -0.05) is 13.0 Å². The maximum absolute atomic E-state index is 12.8. The summed E-state index contributed by atoms with van der Waals surface area (Å²) in [6, 6.07) is 0. The van der Waals surface area contributed by atoms with Gasteiger partial charge in [-0.15, -0.1) is 0 Å². The van der Waals surface area contributed by atoms with Gasteiger partial charge in [-0.3, -0.25) is 9.59 Å². The molecule has 0 amide bonds. The highest BCUT2D eigenvalue weighted by Crippen LogP contribution is 2.74. The summed E-state index contributed by atoms with van der Waals surface area (Å²) in [5.74, 6) is -0.0745. The van der Waals surface area contributed by atoms with E-state index in [1.807, 2.05) is 0 Å². The third-order valence-corrected chi connectivity index (χ3v) is 9.68. The second kappa shape index (κ2) is 5.76. The third kappa shape index (κ3) is 2.11. The fourth-order valence-corrected chi connectivity index (χ4v) is 8.39. The molecule has 4 aliphatic carbocycles. The van der Waals surface area contributed by atoms with E-state index in [4.69, 9.17) is 18.9 Å². The van der Waals surface area contributed by atoms with E-state index in [-0.39, 0.29) is 28.4 Å². The molecule has 0 aromatic rings. The molecule has 5 fully saturated rings. The Kier molecular flexibility index (Phi) is 3.73. The van der Waals surface area contributed by atoms with Crippen LogP contribution in [0.5, 0.6) is 0 Å². The van der Waals surface area contributed by atoms with Crippen LogP contribution >= 0.6 is 0 Å². The van der Waals surface area contributed by atoms with Crippen molar-refractivity contribution in [2.45, 2.75) is 94.7 Å². The average molecular weight is 417 g/mol. The zero-order valence-corrected chi connectivity index (χ0v) is 18.3. The molecule has 6 aliphatic rings. The summed E-state index contributed by atoms with van der Waals surface area (Å²) >= 11 is 0. The first-order chi connectivity index (χ1) is 14.2. The lowest BCUT2D eigenvalue weighted by Gasteiger charge is -2.52. The SMILES string of the molecule is CC(=O)O[C@]1(C(C)=O)CCC2C3CC[C@@]45CC6(CC[C@@]4(O5)C3=CCC21C)OCCO6. The van der Waals surface area contributed by atoms with Gasteiger partial charge in [-0.2, -0.15) is 0 Å². The summed E-state index contributed by atoms with van der Waals surface area (Å²) in [6.07, 6.45) is 9.38. The van der Waals surface area contributed by atoms with E-state index in [0.717, 1.165) is 44.9 Å². The maximum atomic E-state index is 12.8. The summed E-state index contributed by atoms with van der Waals surface area (Å²) in [7, 11) is 0. The molecule has 1 spiro atoms. The van der Waals surface area contributed by atoms with E-state index >= 15 is 0 Å². The van der Waals surface area contributed by atoms with Crippen LogP contribution in [-0.2, 0) is 28.5 Å². The topological polar surface area (TPSA) is 74.4 Å². The molecule has 0 radical (unpaired) electrons. The molecule has 0 N–H and O–H groups in total. The zero-order chi connectivity index (χ0) is 21.0. The van der Waals surface area contributed by atoms with Crippen molar-refractivity contribution in [1.29, 1.82) is 0 Å². The lowest BCUT2D eigenvalue weighted by molar-refractivity contribution is -0.186. The van der Waals surface area contributed by atoms with E-state index in [2.05, 4.69) is 13.0 Å². The molecular weight excluding hydrogens is 384 g/mol. The van der Waals surface area contributed by atoms with Crippen molar-refractivity contribution in [1.82, 2.24) is 0 Å². The van der Waals surface area contributed by atoms with Crippen LogP contribution in [0.25, 0.3) is 0 Å². The number of esters is 1. The number of allylic oxidation sites excluding steroid dienone is 1. The van der Waals surface area contributed by atoms with Crippen LogP contribution in [0.2, 0.25) is 0 Å². The van der Waals surface area contributed by atoms with Gasteiger partial charge >= 0.3 is 5.97 Å². The Morgan fingerprint density at radius 1 is 1.07 bits per heavy atom. The van der Waals surface area contributed by atoms with Gasteiger partial charge in [0.1, 0.15) is 11.2 Å². The minimum Gasteiger partial charge on any atom is -0.451 e. The summed E-state index contributed by atoms with van der Waals surface area (Å²) in [5.41, 5.74) is -0.202. The fraction of sp³-hybridized carbons (Fsp3) is 0.833. The second-order valence-corrected chi connectivity index (χ2v) is 10.8. The number of hydrogen-bond donors (Lipinski definition) is 0. The van der Waals surface area contributed by atoms with Gasteiger partial charge < -0.3 is 18.9 Å². The fourth-order valence-electron chi connectivity index (χ4n) is 8.39. The highest BCUT2D eigenvalue weighted by molar-refractivity contribution is 5.89. The Morgan fingerprint density at radius 3 is 2.53 bits per heavy atom. The van der Waals surface area contributed by atoms with E-state index in [1.165, 1.54) is 12.5 Å². The van der Waals surface area contributed by atoms with Crippen LogP contribution in [0.15, 0.2) is 11.6 Å². The minimum absolute atomic E-state index is 0.0133. The molecule has 0 aromatic carbocycles. The van der Waals surface area contributed by atoms with Crippen LogP contribution in [0.1, 0.15) is 72.1 Å². The van der Waals surface area contributed by atoms with Gasteiger partial charge in [0.15, 0.2) is 17.2 Å². The quantitative estimate of drug-likeness (QED) is 0.390. The van der Waals surface area contributed by atoms with Gasteiger partial charge in [0, 0.05) is 25.2 Å². The molecule has 30 heavy (non-hydrogen) atoms. The predicted molar refractivity (Wildman–Crippen MR) is 106 cm³/mol. The Bertz CT molecular complexity index is 858. The van der Waals surface area contributed by atoms with Crippen LogP contribution in [0, 0.1) is 17.3 Å². The molecule has 3 saturated carbocycles. The normalized spacial score (nSPS) is 50.0. The summed E-state index contributed by atoms with van der Waals surface area (Å²) in [5, 5.41) is 0.